The number of allylic oxidation sites excluding steroid dienone is 3. The van der Waals surface area contributed by atoms with E-state index in [1.54, 1.807) is 0 Å². The minimum absolute atomic E-state index is 0.184. The van der Waals surface area contributed by atoms with E-state index in [0.29, 0.717) is 5.92 Å². The Hall–Kier alpha value is -1.31. The number of esters is 1. The maximum absolute atomic E-state index is 11.5. The second kappa shape index (κ2) is 4.05. The number of carbonyl (C=O) groups excluding carboxylic acids is 1. The molecule has 0 bridgehead atoms. The predicted molar refractivity (Wildman–Crippen MR) is 59.0 cm³/mol. The lowest BCUT2D eigenvalue weighted by Crippen LogP contribution is -1.97. The molecule has 2 nitrogen and oxygen atoms in total. The molecule has 2 heteroatoms. The van der Waals surface area contributed by atoms with Crippen molar-refractivity contribution in [1.29, 1.82) is 0 Å². The van der Waals surface area contributed by atoms with Crippen molar-refractivity contribution >= 4 is 5.97 Å². The van der Waals surface area contributed by atoms with Crippen molar-refractivity contribution in [1.82, 2.24) is 0 Å². The van der Waals surface area contributed by atoms with Crippen molar-refractivity contribution in [3.05, 3.63) is 35.1 Å². The van der Waals surface area contributed by atoms with Gasteiger partial charge < -0.3 is 4.74 Å². The molecule has 0 aromatic heterocycles. The third-order valence-corrected chi connectivity index (χ3v) is 2.67. The molecular formula is C13H16O2. The minimum atomic E-state index is -0.184. The largest absolute Gasteiger partial charge is 0.423 e. The molecule has 0 aromatic rings. The van der Waals surface area contributed by atoms with Crippen LogP contribution in [0.4, 0.5) is 0 Å². The maximum Gasteiger partial charge on any atom is 0.343 e. The lowest BCUT2D eigenvalue weighted by atomic mass is 9.97. The van der Waals surface area contributed by atoms with E-state index in [4.69, 9.17) is 4.74 Å². The summed E-state index contributed by atoms with van der Waals surface area (Å²) in [6.45, 7) is 4.31. The van der Waals surface area contributed by atoms with Crippen LogP contribution in [-0.4, -0.2) is 5.97 Å². The van der Waals surface area contributed by atoms with Crippen LogP contribution in [0.15, 0.2) is 35.1 Å². The van der Waals surface area contributed by atoms with Crippen LogP contribution in [0.2, 0.25) is 0 Å². The van der Waals surface area contributed by atoms with E-state index in [2.05, 4.69) is 13.8 Å². The molecule has 80 valence electrons. The highest BCUT2D eigenvalue weighted by Gasteiger charge is 2.28. The molecule has 0 spiro atoms. The van der Waals surface area contributed by atoms with Crippen molar-refractivity contribution in [3.8, 4) is 0 Å². The topological polar surface area (TPSA) is 26.3 Å². The fourth-order valence-electron chi connectivity index (χ4n) is 1.84. The summed E-state index contributed by atoms with van der Waals surface area (Å²) in [6, 6.07) is 0. The highest BCUT2D eigenvalue weighted by Crippen LogP contribution is 2.33. The molecule has 0 atom stereocenters. The molecule has 0 aromatic carbocycles. The summed E-state index contributed by atoms with van der Waals surface area (Å²) in [7, 11) is 0. The fourth-order valence-corrected chi connectivity index (χ4v) is 1.84. The van der Waals surface area contributed by atoms with Crippen LogP contribution in [0, 0.1) is 5.92 Å². The quantitative estimate of drug-likeness (QED) is 0.646. The van der Waals surface area contributed by atoms with E-state index in [0.717, 1.165) is 36.2 Å². The summed E-state index contributed by atoms with van der Waals surface area (Å²) in [6.07, 6.45) is 8.87. The molecule has 0 saturated carbocycles. The average molecular weight is 204 g/mol. The molecule has 2 rings (SSSR count). The van der Waals surface area contributed by atoms with E-state index in [1.165, 1.54) is 0 Å². The Bertz CT molecular complexity index is 370. The van der Waals surface area contributed by atoms with Crippen molar-refractivity contribution in [2.45, 2.75) is 33.1 Å². The van der Waals surface area contributed by atoms with Crippen LogP contribution in [0.5, 0.6) is 0 Å². The maximum atomic E-state index is 11.5. The summed E-state index contributed by atoms with van der Waals surface area (Å²) in [5.41, 5.74) is 1.86. The molecule has 1 aliphatic carbocycles. The number of cyclic esters (lactones) is 1. The molecule has 0 N–H and O–H groups in total. The standard InChI is InChI=1S/C13H16O2/c1-9(2)7-8-12-10-5-3-4-6-11(10)13(14)15-12/h4,6,8-9H,3,5,7H2,1-2H3/b12-8-. The van der Waals surface area contributed by atoms with Crippen LogP contribution in [0.1, 0.15) is 33.1 Å². The van der Waals surface area contributed by atoms with Gasteiger partial charge in [-0.2, -0.15) is 0 Å². The zero-order valence-electron chi connectivity index (χ0n) is 9.25. The monoisotopic (exact) mass is 204 g/mol. The Morgan fingerprint density at radius 3 is 3.07 bits per heavy atom. The van der Waals surface area contributed by atoms with E-state index >= 15 is 0 Å². The first-order valence-electron chi connectivity index (χ1n) is 5.51. The van der Waals surface area contributed by atoms with Gasteiger partial charge in [-0.25, -0.2) is 4.79 Å². The van der Waals surface area contributed by atoms with Gasteiger partial charge in [-0.1, -0.05) is 26.0 Å². The molecule has 1 aliphatic heterocycles. The number of hydrogen-bond acceptors (Lipinski definition) is 2. The van der Waals surface area contributed by atoms with Gasteiger partial charge in [-0.3, -0.25) is 0 Å². The molecule has 2 aliphatic rings. The zero-order chi connectivity index (χ0) is 10.8. The lowest BCUT2D eigenvalue weighted by molar-refractivity contribution is -0.132. The highest BCUT2D eigenvalue weighted by molar-refractivity contribution is 5.97. The molecule has 1 heterocycles. The van der Waals surface area contributed by atoms with Crippen LogP contribution in [0.25, 0.3) is 0 Å². The third kappa shape index (κ3) is 2.04. The molecule has 0 saturated heterocycles. The molecular weight excluding hydrogens is 188 g/mol. The second-order valence-electron chi connectivity index (χ2n) is 4.42. The molecule has 0 unspecified atom stereocenters. The number of rotatable bonds is 2. The van der Waals surface area contributed by atoms with Gasteiger partial charge in [0.1, 0.15) is 5.76 Å². The van der Waals surface area contributed by atoms with Crippen molar-refractivity contribution < 1.29 is 9.53 Å². The Morgan fingerprint density at radius 1 is 1.53 bits per heavy atom. The second-order valence-corrected chi connectivity index (χ2v) is 4.42. The van der Waals surface area contributed by atoms with Crippen molar-refractivity contribution in [2.24, 2.45) is 5.92 Å². The first kappa shape index (κ1) is 10.2. The van der Waals surface area contributed by atoms with Gasteiger partial charge in [0.05, 0.1) is 5.57 Å². The van der Waals surface area contributed by atoms with Crippen LogP contribution in [-0.2, 0) is 9.53 Å². The van der Waals surface area contributed by atoms with E-state index in [-0.39, 0.29) is 5.97 Å². The van der Waals surface area contributed by atoms with Gasteiger partial charge in [0.15, 0.2) is 0 Å². The van der Waals surface area contributed by atoms with Crippen molar-refractivity contribution in [2.75, 3.05) is 0 Å². The normalized spacial score (nSPS) is 22.6. The predicted octanol–water partition coefficient (Wildman–Crippen LogP) is 3.12. The third-order valence-electron chi connectivity index (χ3n) is 2.67. The van der Waals surface area contributed by atoms with Crippen LogP contribution < -0.4 is 0 Å². The Labute approximate surface area is 90.3 Å². The Morgan fingerprint density at radius 2 is 2.33 bits per heavy atom. The summed E-state index contributed by atoms with van der Waals surface area (Å²) in [4.78, 5) is 11.5. The van der Waals surface area contributed by atoms with Gasteiger partial charge >= 0.3 is 5.97 Å². The van der Waals surface area contributed by atoms with E-state index < -0.39 is 0 Å². The van der Waals surface area contributed by atoms with Crippen molar-refractivity contribution in [3.63, 3.8) is 0 Å². The first-order valence-corrected chi connectivity index (χ1v) is 5.51. The van der Waals surface area contributed by atoms with Gasteiger partial charge in [0, 0.05) is 5.57 Å². The average Bonchev–Trinajstić information content (AvgIpc) is 2.54. The molecule has 0 radical (unpaired) electrons. The number of carbonyl (C=O) groups is 1. The van der Waals surface area contributed by atoms with Gasteiger partial charge in [0.25, 0.3) is 0 Å². The van der Waals surface area contributed by atoms with Crippen LogP contribution in [0.3, 0.4) is 0 Å². The summed E-state index contributed by atoms with van der Waals surface area (Å²) < 4.78 is 5.26. The van der Waals surface area contributed by atoms with Crippen LogP contribution >= 0.6 is 0 Å². The number of ether oxygens (including phenoxy) is 1. The van der Waals surface area contributed by atoms with Gasteiger partial charge in [0.2, 0.25) is 0 Å². The molecule has 0 amide bonds. The smallest absolute Gasteiger partial charge is 0.343 e. The summed E-state index contributed by atoms with van der Waals surface area (Å²) in [5.74, 6) is 1.21. The summed E-state index contributed by atoms with van der Waals surface area (Å²) in [5, 5.41) is 0. The van der Waals surface area contributed by atoms with Gasteiger partial charge in [-0.05, 0) is 31.3 Å². The lowest BCUT2D eigenvalue weighted by Gasteiger charge is -2.06. The minimum Gasteiger partial charge on any atom is -0.423 e. The molecule has 15 heavy (non-hydrogen) atoms. The SMILES string of the molecule is CC(C)C/C=C1\OC(=O)C2=C1CCC=C2. The zero-order valence-corrected chi connectivity index (χ0v) is 9.25. The first-order chi connectivity index (χ1) is 7.18. The fraction of sp³-hybridized carbons (Fsp3) is 0.462. The Balaban J connectivity index is 2.23. The highest BCUT2D eigenvalue weighted by atomic mass is 16.5. The summed E-state index contributed by atoms with van der Waals surface area (Å²) >= 11 is 0. The Kier molecular flexibility index (Phi) is 2.76. The van der Waals surface area contributed by atoms with E-state index in [1.807, 2.05) is 18.2 Å². The molecule has 0 fully saturated rings. The van der Waals surface area contributed by atoms with E-state index in [9.17, 15) is 4.79 Å². The number of hydrogen-bond donors (Lipinski definition) is 0. The van der Waals surface area contributed by atoms with Gasteiger partial charge in [-0.15, -0.1) is 0 Å².